The first-order valence-electron chi connectivity index (χ1n) is 7.52. The average molecular weight is 411 g/mol. The van der Waals surface area contributed by atoms with Crippen LogP contribution in [0.1, 0.15) is 4.79 Å². The zero-order chi connectivity index (χ0) is 19.6. The predicted octanol–water partition coefficient (Wildman–Crippen LogP) is 2.40. The molecule has 10 heteroatoms. The molecule has 0 saturated carbocycles. The van der Waals surface area contributed by atoms with Crippen molar-refractivity contribution >= 4 is 27.5 Å². The lowest BCUT2D eigenvalue weighted by atomic mass is 10.3. The molecule has 0 unspecified atom stereocenters. The summed E-state index contributed by atoms with van der Waals surface area (Å²) < 4.78 is 44.6. The summed E-state index contributed by atoms with van der Waals surface area (Å²) in [6.07, 6.45) is 1.95. The van der Waals surface area contributed by atoms with Crippen LogP contribution in [0.4, 0.5) is 4.39 Å². The summed E-state index contributed by atoms with van der Waals surface area (Å²) >= 11 is 5.73. The van der Waals surface area contributed by atoms with Crippen LogP contribution in [0, 0.1) is 5.82 Å². The number of halogens is 2. The summed E-state index contributed by atoms with van der Waals surface area (Å²) in [6.45, 7) is -0.647. The maximum absolute atomic E-state index is 13.5. The molecule has 0 amide bonds. The Balaban J connectivity index is 1.84. The number of hydrogen-bond acceptors (Lipinski definition) is 5. The number of benzene rings is 2. The third-order valence-electron chi connectivity index (χ3n) is 3.57. The molecule has 0 bridgehead atoms. The summed E-state index contributed by atoms with van der Waals surface area (Å²) in [5, 5.41) is 0.333. The van der Waals surface area contributed by atoms with Crippen molar-refractivity contribution in [2.45, 2.75) is 4.90 Å². The zero-order valence-electron chi connectivity index (χ0n) is 13.6. The van der Waals surface area contributed by atoms with Crippen LogP contribution in [0.5, 0.6) is 5.75 Å². The van der Waals surface area contributed by atoms with Crippen LogP contribution in [0.25, 0.3) is 0 Å². The largest absolute Gasteiger partial charge is 0.481 e. The van der Waals surface area contributed by atoms with E-state index >= 15 is 0 Å². The molecule has 0 fully saturated rings. The molecule has 0 radical (unpaired) electrons. The summed E-state index contributed by atoms with van der Waals surface area (Å²) in [4.78, 5) is 24.3. The Morgan fingerprint density at radius 2 is 1.74 bits per heavy atom. The Hall–Kier alpha value is -2.91. The van der Waals surface area contributed by atoms with Gasteiger partial charge < -0.3 is 4.74 Å². The molecule has 27 heavy (non-hydrogen) atoms. The van der Waals surface area contributed by atoms with E-state index in [1.165, 1.54) is 42.5 Å². The highest BCUT2D eigenvalue weighted by atomic mass is 35.5. The van der Waals surface area contributed by atoms with Crippen LogP contribution in [-0.2, 0) is 10.0 Å². The molecule has 140 valence electrons. The van der Waals surface area contributed by atoms with Crippen LogP contribution in [0.2, 0.25) is 5.02 Å². The Labute approximate surface area is 158 Å². The van der Waals surface area contributed by atoms with E-state index in [1.807, 2.05) is 0 Å². The lowest BCUT2D eigenvalue weighted by molar-refractivity contribution is 0.0830. The highest BCUT2D eigenvalue weighted by molar-refractivity contribution is 7.90. The van der Waals surface area contributed by atoms with E-state index in [4.69, 9.17) is 16.3 Å². The number of rotatable bonds is 5. The molecule has 3 aromatic rings. The van der Waals surface area contributed by atoms with Crippen molar-refractivity contribution in [3.05, 3.63) is 82.2 Å². The van der Waals surface area contributed by atoms with Crippen molar-refractivity contribution in [2.24, 2.45) is 0 Å². The van der Waals surface area contributed by atoms with Crippen molar-refractivity contribution < 1.29 is 22.3 Å². The minimum absolute atomic E-state index is 0.160. The molecule has 1 heterocycles. The van der Waals surface area contributed by atoms with Crippen LogP contribution < -0.4 is 10.4 Å². The molecule has 0 N–H and O–H groups in total. The van der Waals surface area contributed by atoms with Crippen LogP contribution in [0.15, 0.2) is 70.6 Å². The van der Waals surface area contributed by atoms with Crippen molar-refractivity contribution in [3.8, 4) is 5.75 Å². The van der Waals surface area contributed by atoms with Gasteiger partial charge in [0.2, 0.25) is 0 Å². The van der Waals surface area contributed by atoms with Gasteiger partial charge in [0.15, 0.2) is 18.2 Å². The summed E-state index contributed by atoms with van der Waals surface area (Å²) in [5.74, 6) is -1.68. The highest BCUT2D eigenvalue weighted by Gasteiger charge is 2.22. The normalized spacial score (nSPS) is 11.3. The molecular formula is C17H12ClFN2O5S. The van der Waals surface area contributed by atoms with E-state index in [1.54, 1.807) is 0 Å². The molecular weight excluding hydrogens is 399 g/mol. The second-order valence-electron chi connectivity index (χ2n) is 5.32. The van der Waals surface area contributed by atoms with Gasteiger partial charge in [0.1, 0.15) is 0 Å². The standard InChI is InChI=1S/C17H12ClFN2O5S/c18-12-5-7-13(8-6-12)27(24,25)21-10-9-20(17(21)23)16(22)11-26-15-4-2-1-3-14(15)19/h1-10H,11H2. The van der Waals surface area contributed by atoms with E-state index in [9.17, 15) is 22.4 Å². The van der Waals surface area contributed by atoms with E-state index in [2.05, 4.69) is 0 Å². The van der Waals surface area contributed by atoms with Gasteiger partial charge in [0.05, 0.1) is 4.90 Å². The third-order valence-corrected chi connectivity index (χ3v) is 5.49. The van der Waals surface area contributed by atoms with Crippen molar-refractivity contribution in [1.29, 1.82) is 0 Å². The number of carbonyl (C=O) groups is 1. The number of nitrogens with zero attached hydrogens (tertiary/aromatic N) is 2. The number of hydrogen-bond donors (Lipinski definition) is 0. The third kappa shape index (κ3) is 3.79. The fraction of sp³-hybridized carbons (Fsp3) is 0.0588. The summed E-state index contributed by atoms with van der Waals surface area (Å²) in [6, 6.07) is 10.7. The fourth-order valence-corrected chi connectivity index (χ4v) is 3.57. The number of carbonyl (C=O) groups excluding carboxylic acids is 1. The van der Waals surface area contributed by atoms with Gasteiger partial charge in [-0.15, -0.1) is 0 Å². The Bertz CT molecular complexity index is 1150. The minimum Gasteiger partial charge on any atom is -0.481 e. The van der Waals surface area contributed by atoms with Crippen molar-refractivity contribution in [1.82, 2.24) is 8.54 Å². The summed E-state index contributed by atoms with van der Waals surface area (Å²) in [7, 11) is -4.20. The topological polar surface area (TPSA) is 87.4 Å². The molecule has 0 aliphatic rings. The predicted molar refractivity (Wildman–Crippen MR) is 95.2 cm³/mol. The van der Waals surface area contributed by atoms with Gasteiger partial charge in [-0.2, -0.15) is 3.97 Å². The Morgan fingerprint density at radius 1 is 1.07 bits per heavy atom. The molecule has 0 aliphatic heterocycles. The van der Waals surface area contributed by atoms with Gasteiger partial charge in [-0.3, -0.25) is 4.79 Å². The van der Waals surface area contributed by atoms with Crippen LogP contribution >= 0.6 is 11.6 Å². The van der Waals surface area contributed by atoms with E-state index < -0.39 is 34.0 Å². The van der Waals surface area contributed by atoms with Crippen LogP contribution in [-0.4, -0.2) is 29.5 Å². The second-order valence-corrected chi connectivity index (χ2v) is 7.57. The molecule has 2 aromatic carbocycles. The lowest BCUT2D eigenvalue weighted by Crippen LogP contribution is -2.34. The van der Waals surface area contributed by atoms with Crippen LogP contribution in [0.3, 0.4) is 0 Å². The average Bonchev–Trinajstić information content (AvgIpc) is 3.03. The molecule has 1 aromatic heterocycles. The second kappa shape index (κ2) is 7.37. The number of imidazole rings is 1. The minimum atomic E-state index is -4.20. The van der Waals surface area contributed by atoms with E-state index in [-0.39, 0.29) is 10.6 Å². The highest BCUT2D eigenvalue weighted by Crippen LogP contribution is 2.17. The van der Waals surface area contributed by atoms with Crippen molar-refractivity contribution in [3.63, 3.8) is 0 Å². The first-order chi connectivity index (χ1) is 12.8. The van der Waals surface area contributed by atoms with Gasteiger partial charge in [-0.05, 0) is 36.4 Å². The lowest BCUT2D eigenvalue weighted by Gasteiger charge is -2.06. The first kappa shape index (κ1) is 18.9. The molecule has 7 nitrogen and oxygen atoms in total. The van der Waals surface area contributed by atoms with E-state index in [0.717, 1.165) is 18.5 Å². The number of para-hydroxylation sites is 1. The maximum Gasteiger partial charge on any atom is 0.349 e. The van der Waals surface area contributed by atoms with Gasteiger partial charge in [-0.1, -0.05) is 23.7 Å². The summed E-state index contributed by atoms with van der Waals surface area (Å²) in [5.41, 5.74) is -1.09. The Morgan fingerprint density at radius 3 is 2.41 bits per heavy atom. The number of ether oxygens (including phenoxy) is 1. The SMILES string of the molecule is O=C(COc1ccccc1F)n1ccn(S(=O)(=O)c2ccc(Cl)cc2)c1=O. The zero-order valence-corrected chi connectivity index (χ0v) is 15.2. The smallest absolute Gasteiger partial charge is 0.349 e. The Kier molecular flexibility index (Phi) is 5.15. The quantitative estimate of drug-likeness (QED) is 0.644. The number of aromatic nitrogens is 2. The van der Waals surface area contributed by atoms with Gasteiger partial charge >= 0.3 is 5.69 Å². The monoisotopic (exact) mass is 410 g/mol. The molecule has 0 aliphatic carbocycles. The fourth-order valence-electron chi connectivity index (χ4n) is 2.22. The maximum atomic E-state index is 13.5. The first-order valence-corrected chi connectivity index (χ1v) is 9.34. The molecule has 0 atom stereocenters. The van der Waals surface area contributed by atoms with Crippen molar-refractivity contribution in [2.75, 3.05) is 6.61 Å². The molecule has 0 spiro atoms. The van der Waals surface area contributed by atoms with Gasteiger partial charge in [0.25, 0.3) is 15.9 Å². The van der Waals surface area contributed by atoms with E-state index in [0.29, 0.717) is 13.6 Å². The van der Waals surface area contributed by atoms with Gasteiger partial charge in [0, 0.05) is 17.4 Å². The van der Waals surface area contributed by atoms with Gasteiger partial charge in [-0.25, -0.2) is 22.2 Å². The molecule has 3 rings (SSSR count). The molecule has 0 saturated heterocycles.